The van der Waals surface area contributed by atoms with Crippen LogP contribution in [0.4, 0.5) is 0 Å². The molecule has 0 heterocycles. The summed E-state index contributed by atoms with van der Waals surface area (Å²) < 4.78 is 5.54. The highest BCUT2D eigenvalue weighted by Gasteiger charge is 2.03. The van der Waals surface area contributed by atoms with Crippen LogP contribution in [-0.4, -0.2) is 19.8 Å². The molecule has 2 nitrogen and oxygen atoms in total. The van der Waals surface area contributed by atoms with Crippen LogP contribution in [0.2, 0.25) is 0 Å². The molecule has 1 aromatic carbocycles. The van der Waals surface area contributed by atoms with Gasteiger partial charge in [-0.1, -0.05) is 43.7 Å². The second kappa shape index (κ2) is 7.46. The quantitative estimate of drug-likeness (QED) is 0.732. The molecule has 0 aliphatic carbocycles. The molecule has 1 N–H and O–H groups in total. The Morgan fingerprint density at radius 3 is 2.35 bits per heavy atom. The molecule has 0 amide bonds. The van der Waals surface area contributed by atoms with Crippen LogP contribution in [0, 0.1) is 12.8 Å². The van der Waals surface area contributed by atoms with E-state index in [9.17, 15) is 0 Å². The van der Waals surface area contributed by atoms with Gasteiger partial charge in [-0.3, -0.25) is 0 Å². The summed E-state index contributed by atoms with van der Waals surface area (Å²) in [5, 5.41) is 3.47. The van der Waals surface area contributed by atoms with Gasteiger partial charge in [-0.25, -0.2) is 0 Å². The smallest absolute Gasteiger partial charge is 0.0591 e. The lowest BCUT2D eigenvalue weighted by Crippen LogP contribution is -2.23. The van der Waals surface area contributed by atoms with Crippen molar-refractivity contribution < 1.29 is 4.74 Å². The Morgan fingerprint density at radius 1 is 1.12 bits per heavy atom. The van der Waals surface area contributed by atoms with Crippen molar-refractivity contribution >= 4 is 0 Å². The molecule has 0 radical (unpaired) electrons. The van der Waals surface area contributed by atoms with Gasteiger partial charge in [-0.15, -0.1) is 0 Å². The van der Waals surface area contributed by atoms with Gasteiger partial charge in [0.05, 0.1) is 6.61 Å². The van der Waals surface area contributed by atoms with Crippen LogP contribution in [0.1, 0.15) is 37.9 Å². The monoisotopic (exact) mass is 235 g/mol. The second-order valence-corrected chi connectivity index (χ2v) is 5.06. The molecular weight excluding hydrogens is 210 g/mol. The van der Waals surface area contributed by atoms with Crippen LogP contribution in [0.25, 0.3) is 0 Å². The van der Waals surface area contributed by atoms with E-state index < -0.39 is 0 Å². The first kappa shape index (κ1) is 14.2. The summed E-state index contributed by atoms with van der Waals surface area (Å²) in [6.45, 7) is 11.2. The van der Waals surface area contributed by atoms with Gasteiger partial charge < -0.3 is 10.1 Å². The molecule has 0 fully saturated rings. The number of nitrogens with one attached hydrogen (secondary N) is 1. The lowest BCUT2D eigenvalue weighted by atomic mass is 10.1. The van der Waals surface area contributed by atoms with Gasteiger partial charge in [0.25, 0.3) is 0 Å². The molecule has 0 saturated heterocycles. The predicted molar refractivity (Wildman–Crippen MR) is 73.3 cm³/mol. The van der Waals surface area contributed by atoms with Gasteiger partial charge in [-0.05, 0) is 25.3 Å². The summed E-state index contributed by atoms with van der Waals surface area (Å²) in [6.07, 6.45) is 0. The molecule has 2 heteroatoms. The van der Waals surface area contributed by atoms with Gasteiger partial charge in [0.15, 0.2) is 0 Å². The van der Waals surface area contributed by atoms with E-state index in [-0.39, 0.29) is 0 Å². The molecule has 0 unspecified atom stereocenters. The van der Waals surface area contributed by atoms with Gasteiger partial charge in [0, 0.05) is 19.2 Å². The van der Waals surface area contributed by atoms with E-state index in [0.29, 0.717) is 12.0 Å². The Kier molecular flexibility index (Phi) is 6.23. The minimum Gasteiger partial charge on any atom is -0.380 e. The molecule has 0 bridgehead atoms. The SMILES string of the molecule is Cc1ccc([C@@H](C)NCCOCC(C)C)cc1. The fourth-order valence-electron chi connectivity index (χ4n) is 1.64. The van der Waals surface area contributed by atoms with E-state index >= 15 is 0 Å². The molecule has 0 spiro atoms. The van der Waals surface area contributed by atoms with E-state index in [0.717, 1.165) is 19.8 Å². The first-order valence-electron chi connectivity index (χ1n) is 6.47. The third-order valence-corrected chi connectivity index (χ3v) is 2.73. The van der Waals surface area contributed by atoms with Gasteiger partial charge >= 0.3 is 0 Å². The topological polar surface area (TPSA) is 21.3 Å². The number of hydrogen-bond acceptors (Lipinski definition) is 2. The largest absolute Gasteiger partial charge is 0.380 e. The van der Waals surface area contributed by atoms with Crippen LogP contribution in [0.15, 0.2) is 24.3 Å². The average molecular weight is 235 g/mol. The van der Waals surface area contributed by atoms with Crippen molar-refractivity contribution in [3.05, 3.63) is 35.4 Å². The first-order valence-corrected chi connectivity index (χ1v) is 6.47. The molecule has 0 aliphatic heterocycles. The highest BCUT2D eigenvalue weighted by Crippen LogP contribution is 2.12. The number of hydrogen-bond donors (Lipinski definition) is 1. The van der Waals surface area contributed by atoms with E-state index in [1.807, 2.05) is 0 Å². The minimum absolute atomic E-state index is 0.387. The van der Waals surface area contributed by atoms with E-state index in [1.54, 1.807) is 0 Å². The van der Waals surface area contributed by atoms with Crippen LogP contribution in [0.3, 0.4) is 0 Å². The first-order chi connectivity index (χ1) is 8.09. The zero-order valence-corrected chi connectivity index (χ0v) is 11.5. The second-order valence-electron chi connectivity index (χ2n) is 5.06. The van der Waals surface area contributed by atoms with Gasteiger partial charge in [-0.2, -0.15) is 0 Å². The summed E-state index contributed by atoms with van der Waals surface area (Å²) in [5.41, 5.74) is 2.64. The lowest BCUT2D eigenvalue weighted by Gasteiger charge is -2.15. The summed E-state index contributed by atoms with van der Waals surface area (Å²) in [6, 6.07) is 9.06. The van der Waals surface area contributed by atoms with Crippen molar-refractivity contribution in [2.75, 3.05) is 19.8 Å². The van der Waals surface area contributed by atoms with Crippen LogP contribution in [0.5, 0.6) is 0 Å². The number of rotatable bonds is 7. The normalized spacial score (nSPS) is 13.0. The van der Waals surface area contributed by atoms with Crippen LogP contribution >= 0.6 is 0 Å². The summed E-state index contributed by atoms with van der Waals surface area (Å²) in [7, 11) is 0. The summed E-state index contributed by atoms with van der Waals surface area (Å²) >= 11 is 0. The number of benzene rings is 1. The van der Waals surface area contributed by atoms with Crippen molar-refractivity contribution in [3.63, 3.8) is 0 Å². The maximum Gasteiger partial charge on any atom is 0.0591 e. The van der Waals surface area contributed by atoms with Gasteiger partial charge in [0.1, 0.15) is 0 Å². The molecular formula is C15H25NO. The third kappa shape index (κ3) is 5.85. The minimum atomic E-state index is 0.387. The lowest BCUT2D eigenvalue weighted by molar-refractivity contribution is 0.110. The Morgan fingerprint density at radius 2 is 1.76 bits per heavy atom. The molecule has 1 atom stereocenters. The zero-order chi connectivity index (χ0) is 12.7. The van der Waals surface area contributed by atoms with Crippen molar-refractivity contribution in [1.29, 1.82) is 0 Å². The highest BCUT2D eigenvalue weighted by molar-refractivity contribution is 5.23. The van der Waals surface area contributed by atoms with Crippen LogP contribution in [-0.2, 0) is 4.74 Å². The van der Waals surface area contributed by atoms with E-state index in [4.69, 9.17) is 4.74 Å². The van der Waals surface area contributed by atoms with E-state index in [1.165, 1.54) is 11.1 Å². The Bertz CT molecular complexity index is 305. The Labute approximate surface area is 105 Å². The van der Waals surface area contributed by atoms with Crippen LogP contribution < -0.4 is 5.32 Å². The molecule has 0 aromatic heterocycles. The molecule has 1 rings (SSSR count). The number of aryl methyl sites for hydroxylation is 1. The highest BCUT2D eigenvalue weighted by atomic mass is 16.5. The maximum absolute atomic E-state index is 5.54. The third-order valence-electron chi connectivity index (χ3n) is 2.73. The van der Waals surface area contributed by atoms with E-state index in [2.05, 4.69) is 57.3 Å². The molecule has 96 valence electrons. The summed E-state index contributed by atoms with van der Waals surface area (Å²) in [4.78, 5) is 0. The van der Waals surface area contributed by atoms with Crippen molar-refractivity contribution in [3.8, 4) is 0 Å². The fourth-order valence-corrected chi connectivity index (χ4v) is 1.64. The summed E-state index contributed by atoms with van der Waals surface area (Å²) in [5.74, 6) is 0.615. The fraction of sp³-hybridized carbons (Fsp3) is 0.600. The standard InChI is InChI=1S/C15H25NO/c1-12(2)11-17-10-9-16-14(4)15-7-5-13(3)6-8-15/h5-8,12,14,16H,9-11H2,1-4H3/t14-/m1/s1. The number of ether oxygens (including phenoxy) is 1. The Balaban J connectivity index is 2.21. The van der Waals surface area contributed by atoms with Crippen molar-refractivity contribution in [2.24, 2.45) is 5.92 Å². The molecule has 1 aromatic rings. The Hall–Kier alpha value is -0.860. The zero-order valence-electron chi connectivity index (χ0n) is 11.5. The van der Waals surface area contributed by atoms with Crippen molar-refractivity contribution in [1.82, 2.24) is 5.32 Å². The average Bonchev–Trinajstić information content (AvgIpc) is 2.29. The molecule has 0 saturated carbocycles. The van der Waals surface area contributed by atoms with Gasteiger partial charge in [0.2, 0.25) is 0 Å². The molecule has 0 aliphatic rings. The predicted octanol–water partition coefficient (Wildman–Crippen LogP) is 3.32. The maximum atomic E-state index is 5.54. The van der Waals surface area contributed by atoms with Crippen molar-refractivity contribution in [2.45, 2.75) is 33.7 Å². The molecule has 17 heavy (non-hydrogen) atoms.